The number of hydrogen-bond donors (Lipinski definition) is 1. The zero-order chi connectivity index (χ0) is 15.5. The minimum Gasteiger partial charge on any atom is -0.493 e. The highest BCUT2D eigenvalue weighted by Gasteiger charge is 2.28. The van der Waals surface area contributed by atoms with Crippen LogP contribution in [-0.2, 0) is 16.0 Å². The van der Waals surface area contributed by atoms with E-state index in [0.717, 1.165) is 37.2 Å². The van der Waals surface area contributed by atoms with Crippen LogP contribution in [0.4, 0.5) is 0 Å². The van der Waals surface area contributed by atoms with Crippen LogP contribution in [0, 0.1) is 0 Å². The van der Waals surface area contributed by atoms with Crippen LogP contribution in [0.1, 0.15) is 36.3 Å². The molecule has 0 aromatic heterocycles. The highest BCUT2D eigenvalue weighted by molar-refractivity contribution is 5.81. The number of methoxy groups -OCH3 is 2. The lowest BCUT2D eigenvalue weighted by atomic mass is 10.0. The number of nitrogens with one attached hydrogen (secondary N) is 1. The monoisotopic (exact) mass is 305 g/mol. The van der Waals surface area contributed by atoms with E-state index in [9.17, 15) is 4.79 Å². The summed E-state index contributed by atoms with van der Waals surface area (Å²) in [4.78, 5) is 12.1. The zero-order valence-electron chi connectivity index (χ0n) is 13.2. The van der Waals surface area contributed by atoms with Crippen LogP contribution in [-0.4, -0.2) is 39.4 Å². The third-order valence-electron chi connectivity index (χ3n) is 4.59. The van der Waals surface area contributed by atoms with E-state index in [1.165, 1.54) is 11.1 Å². The highest BCUT2D eigenvalue weighted by Crippen LogP contribution is 2.40. The fourth-order valence-corrected chi connectivity index (χ4v) is 3.35. The van der Waals surface area contributed by atoms with Gasteiger partial charge < -0.3 is 19.5 Å². The normalized spacial score (nSPS) is 23.2. The Morgan fingerprint density at radius 2 is 2.05 bits per heavy atom. The van der Waals surface area contributed by atoms with Crippen molar-refractivity contribution in [2.75, 3.05) is 27.4 Å². The van der Waals surface area contributed by atoms with Crippen molar-refractivity contribution in [2.24, 2.45) is 0 Å². The maximum Gasteiger partial charge on any atom is 0.249 e. The molecule has 0 radical (unpaired) electrons. The highest BCUT2D eigenvalue weighted by atomic mass is 16.5. The second-order valence-corrected chi connectivity index (χ2v) is 5.89. The number of rotatable bonds is 5. The predicted molar refractivity (Wildman–Crippen MR) is 82.6 cm³/mol. The van der Waals surface area contributed by atoms with E-state index in [2.05, 4.69) is 11.4 Å². The van der Waals surface area contributed by atoms with Gasteiger partial charge in [0.25, 0.3) is 0 Å². The summed E-state index contributed by atoms with van der Waals surface area (Å²) in [5.74, 6) is 1.87. The fraction of sp³-hybridized carbons (Fsp3) is 0.588. The zero-order valence-corrected chi connectivity index (χ0v) is 13.2. The Kier molecular flexibility index (Phi) is 4.52. The fourth-order valence-electron chi connectivity index (χ4n) is 3.35. The van der Waals surface area contributed by atoms with Crippen LogP contribution in [0.2, 0.25) is 0 Å². The predicted octanol–water partition coefficient (Wildman–Crippen LogP) is 2.03. The molecule has 3 rings (SSSR count). The summed E-state index contributed by atoms with van der Waals surface area (Å²) < 4.78 is 16.2. The van der Waals surface area contributed by atoms with E-state index in [0.29, 0.717) is 19.1 Å². The number of fused-ring (bicyclic) bond motifs is 1. The van der Waals surface area contributed by atoms with Crippen molar-refractivity contribution in [3.8, 4) is 11.5 Å². The first-order valence-corrected chi connectivity index (χ1v) is 7.87. The van der Waals surface area contributed by atoms with Gasteiger partial charge in [0.2, 0.25) is 5.91 Å². The number of carbonyl (C=O) groups excluding carboxylic acids is 1. The number of aryl methyl sites for hydroxylation is 1. The Morgan fingerprint density at radius 1 is 1.27 bits per heavy atom. The SMILES string of the molecule is COc1cc2c(cc1OC)C(CNC(=O)C1CCCO1)CC2. The van der Waals surface area contributed by atoms with Gasteiger partial charge in [-0.1, -0.05) is 0 Å². The number of carbonyl (C=O) groups is 1. The van der Waals surface area contributed by atoms with E-state index in [-0.39, 0.29) is 12.0 Å². The molecular weight excluding hydrogens is 282 g/mol. The molecule has 5 heteroatoms. The first-order chi connectivity index (χ1) is 10.7. The Hall–Kier alpha value is -1.75. The molecule has 120 valence electrons. The van der Waals surface area contributed by atoms with Crippen molar-refractivity contribution in [1.82, 2.24) is 5.32 Å². The van der Waals surface area contributed by atoms with E-state index >= 15 is 0 Å². The van der Waals surface area contributed by atoms with Crippen LogP contribution in [0.25, 0.3) is 0 Å². The van der Waals surface area contributed by atoms with Gasteiger partial charge in [-0.15, -0.1) is 0 Å². The maximum atomic E-state index is 12.1. The molecule has 1 heterocycles. The van der Waals surface area contributed by atoms with Crippen LogP contribution in [0.3, 0.4) is 0 Å². The molecule has 22 heavy (non-hydrogen) atoms. The van der Waals surface area contributed by atoms with Gasteiger partial charge in [0.05, 0.1) is 14.2 Å². The lowest BCUT2D eigenvalue weighted by Crippen LogP contribution is -2.36. The van der Waals surface area contributed by atoms with Gasteiger partial charge in [-0.05, 0) is 48.9 Å². The largest absolute Gasteiger partial charge is 0.493 e. The molecule has 1 aliphatic heterocycles. The first kappa shape index (κ1) is 15.2. The van der Waals surface area contributed by atoms with E-state index in [1.54, 1.807) is 14.2 Å². The van der Waals surface area contributed by atoms with Gasteiger partial charge in [0, 0.05) is 19.1 Å². The third kappa shape index (κ3) is 2.90. The third-order valence-corrected chi connectivity index (χ3v) is 4.59. The number of amides is 1. The second kappa shape index (κ2) is 6.57. The minimum atomic E-state index is -0.258. The number of ether oxygens (including phenoxy) is 3. The topological polar surface area (TPSA) is 56.8 Å². The van der Waals surface area contributed by atoms with E-state index < -0.39 is 0 Å². The van der Waals surface area contributed by atoms with E-state index in [1.807, 2.05) is 6.07 Å². The molecule has 0 bridgehead atoms. The van der Waals surface area contributed by atoms with Crippen molar-refractivity contribution in [3.63, 3.8) is 0 Å². The second-order valence-electron chi connectivity index (χ2n) is 5.89. The summed E-state index contributed by atoms with van der Waals surface area (Å²) in [6.07, 6.45) is 3.60. The molecular formula is C17H23NO4. The summed E-state index contributed by atoms with van der Waals surface area (Å²) in [6, 6.07) is 4.10. The smallest absolute Gasteiger partial charge is 0.249 e. The van der Waals surface area contributed by atoms with Crippen LogP contribution in [0.5, 0.6) is 11.5 Å². The van der Waals surface area contributed by atoms with Crippen molar-refractivity contribution in [2.45, 2.75) is 37.7 Å². The maximum absolute atomic E-state index is 12.1. The lowest BCUT2D eigenvalue weighted by Gasteiger charge is -2.17. The van der Waals surface area contributed by atoms with Gasteiger partial charge in [-0.25, -0.2) is 0 Å². The minimum absolute atomic E-state index is 0.0198. The molecule has 1 aliphatic carbocycles. The summed E-state index contributed by atoms with van der Waals surface area (Å²) in [6.45, 7) is 1.35. The molecule has 1 fully saturated rings. The molecule has 2 aliphatic rings. The van der Waals surface area contributed by atoms with Gasteiger partial charge in [-0.2, -0.15) is 0 Å². The molecule has 0 saturated carbocycles. The first-order valence-electron chi connectivity index (χ1n) is 7.87. The summed E-state index contributed by atoms with van der Waals surface area (Å²) in [5.41, 5.74) is 2.54. The van der Waals surface area contributed by atoms with Gasteiger partial charge in [0.1, 0.15) is 6.10 Å². The molecule has 1 aromatic rings. The van der Waals surface area contributed by atoms with Crippen LogP contribution < -0.4 is 14.8 Å². The van der Waals surface area contributed by atoms with Gasteiger partial charge in [0.15, 0.2) is 11.5 Å². The van der Waals surface area contributed by atoms with Crippen LogP contribution in [0.15, 0.2) is 12.1 Å². The molecule has 2 atom stereocenters. The average Bonchev–Trinajstić information content (AvgIpc) is 3.20. The standard InChI is InChI=1S/C17H23NO4/c1-20-15-8-11-5-6-12(13(11)9-16(15)21-2)10-18-17(19)14-4-3-7-22-14/h8-9,12,14H,3-7,10H2,1-2H3,(H,18,19). The summed E-state index contributed by atoms with van der Waals surface area (Å²) in [5, 5.41) is 3.04. The molecule has 1 saturated heterocycles. The van der Waals surface area contributed by atoms with Crippen molar-refractivity contribution < 1.29 is 19.0 Å². The summed E-state index contributed by atoms with van der Waals surface area (Å²) in [7, 11) is 3.30. The Balaban J connectivity index is 1.67. The molecule has 1 amide bonds. The van der Waals surface area contributed by atoms with Crippen molar-refractivity contribution in [1.29, 1.82) is 0 Å². The number of benzene rings is 1. The van der Waals surface area contributed by atoms with Crippen LogP contribution >= 0.6 is 0 Å². The quantitative estimate of drug-likeness (QED) is 0.904. The Bertz CT molecular complexity index is 552. The van der Waals surface area contributed by atoms with Crippen molar-refractivity contribution >= 4 is 5.91 Å². The molecule has 5 nitrogen and oxygen atoms in total. The Labute approximate surface area is 130 Å². The number of hydrogen-bond acceptors (Lipinski definition) is 4. The molecule has 1 aromatic carbocycles. The lowest BCUT2D eigenvalue weighted by molar-refractivity contribution is -0.130. The molecule has 0 spiro atoms. The molecule has 2 unspecified atom stereocenters. The summed E-state index contributed by atoms with van der Waals surface area (Å²) >= 11 is 0. The van der Waals surface area contributed by atoms with Gasteiger partial charge in [-0.3, -0.25) is 4.79 Å². The average molecular weight is 305 g/mol. The van der Waals surface area contributed by atoms with Crippen molar-refractivity contribution in [3.05, 3.63) is 23.3 Å². The van der Waals surface area contributed by atoms with E-state index in [4.69, 9.17) is 14.2 Å². The van der Waals surface area contributed by atoms with Gasteiger partial charge >= 0.3 is 0 Å². The molecule has 1 N–H and O–H groups in total. The Morgan fingerprint density at radius 3 is 2.73 bits per heavy atom.